The molecule has 0 aromatic carbocycles. The molecule has 2 atom stereocenters. The highest BCUT2D eigenvalue weighted by atomic mass is 16.5. The summed E-state index contributed by atoms with van der Waals surface area (Å²) >= 11 is 0. The first-order valence-electron chi connectivity index (χ1n) is 6.65. The standard InChI is InChI=1S/C13H21N3O3/c1-8(2)11-10(4-5-18-11)6-14-13(17)15-12-9(3)7-19-16-12/h7-8,10-11H,4-6H2,1-3H3,(H2,14,15,16,17)/t10-,11-/m1/s1. The molecule has 0 spiro atoms. The minimum atomic E-state index is -0.258. The Labute approximate surface area is 112 Å². The Bertz CT molecular complexity index is 431. The molecule has 0 radical (unpaired) electrons. The fourth-order valence-corrected chi connectivity index (χ4v) is 2.39. The van der Waals surface area contributed by atoms with Gasteiger partial charge in [0.1, 0.15) is 6.26 Å². The molecule has 0 bridgehead atoms. The van der Waals surface area contributed by atoms with E-state index < -0.39 is 0 Å². The number of ether oxygens (including phenoxy) is 1. The molecule has 2 rings (SSSR count). The van der Waals surface area contributed by atoms with Crippen molar-refractivity contribution >= 4 is 11.8 Å². The zero-order valence-corrected chi connectivity index (χ0v) is 11.6. The molecule has 1 aliphatic rings. The number of urea groups is 1. The summed E-state index contributed by atoms with van der Waals surface area (Å²) in [7, 11) is 0. The maximum absolute atomic E-state index is 11.8. The highest BCUT2D eigenvalue weighted by Crippen LogP contribution is 2.26. The highest BCUT2D eigenvalue weighted by Gasteiger charge is 2.30. The van der Waals surface area contributed by atoms with Crippen LogP contribution in [0.3, 0.4) is 0 Å². The zero-order valence-electron chi connectivity index (χ0n) is 11.6. The number of amides is 2. The van der Waals surface area contributed by atoms with Gasteiger partial charge in [0.15, 0.2) is 5.82 Å². The lowest BCUT2D eigenvalue weighted by Gasteiger charge is -2.22. The van der Waals surface area contributed by atoms with Crippen molar-refractivity contribution in [1.82, 2.24) is 10.5 Å². The number of anilines is 1. The Kier molecular flexibility index (Phi) is 4.42. The maximum Gasteiger partial charge on any atom is 0.320 e. The van der Waals surface area contributed by atoms with Crippen LogP contribution >= 0.6 is 0 Å². The van der Waals surface area contributed by atoms with Crippen molar-refractivity contribution in [2.75, 3.05) is 18.5 Å². The number of rotatable bonds is 4. The van der Waals surface area contributed by atoms with Crippen molar-refractivity contribution in [1.29, 1.82) is 0 Å². The third-order valence-electron chi connectivity index (χ3n) is 3.42. The summed E-state index contributed by atoms with van der Waals surface area (Å²) in [4.78, 5) is 11.8. The van der Waals surface area contributed by atoms with Crippen LogP contribution in [0.4, 0.5) is 10.6 Å². The van der Waals surface area contributed by atoms with Crippen LogP contribution in [0.15, 0.2) is 10.8 Å². The van der Waals surface area contributed by atoms with E-state index in [1.807, 2.05) is 6.92 Å². The molecule has 6 heteroatoms. The summed E-state index contributed by atoms with van der Waals surface area (Å²) in [5.74, 6) is 1.31. The lowest BCUT2D eigenvalue weighted by atomic mass is 9.93. The molecule has 6 nitrogen and oxygen atoms in total. The van der Waals surface area contributed by atoms with Gasteiger partial charge < -0.3 is 14.6 Å². The summed E-state index contributed by atoms with van der Waals surface area (Å²) in [6.45, 7) is 7.50. The maximum atomic E-state index is 11.8. The second-order valence-corrected chi connectivity index (χ2v) is 5.31. The normalized spacial score (nSPS) is 22.7. The lowest BCUT2D eigenvalue weighted by molar-refractivity contribution is 0.0546. The van der Waals surface area contributed by atoms with Gasteiger partial charge in [-0.3, -0.25) is 5.32 Å². The van der Waals surface area contributed by atoms with E-state index in [2.05, 4.69) is 29.6 Å². The minimum Gasteiger partial charge on any atom is -0.378 e. The smallest absolute Gasteiger partial charge is 0.320 e. The summed E-state index contributed by atoms with van der Waals surface area (Å²) in [6, 6.07) is -0.258. The molecule has 1 aliphatic heterocycles. The van der Waals surface area contributed by atoms with Gasteiger partial charge in [0.25, 0.3) is 0 Å². The van der Waals surface area contributed by atoms with Crippen LogP contribution in [-0.4, -0.2) is 30.4 Å². The first kappa shape index (κ1) is 13.9. The highest BCUT2D eigenvalue weighted by molar-refractivity contribution is 5.88. The van der Waals surface area contributed by atoms with Crippen LogP contribution < -0.4 is 10.6 Å². The van der Waals surface area contributed by atoms with E-state index >= 15 is 0 Å². The lowest BCUT2D eigenvalue weighted by Crippen LogP contribution is -2.37. The second-order valence-electron chi connectivity index (χ2n) is 5.31. The Morgan fingerprint density at radius 2 is 2.37 bits per heavy atom. The van der Waals surface area contributed by atoms with E-state index in [0.717, 1.165) is 18.6 Å². The largest absolute Gasteiger partial charge is 0.378 e. The summed E-state index contributed by atoms with van der Waals surface area (Å²) < 4.78 is 10.4. The van der Waals surface area contributed by atoms with Crippen LogP contribution in [-0.2, 0) is 4.74 Å². The van der Waals surface area contributed by atoms with E-state index in [9.17, 15) is 4.79 Å². The van der Waals surface area contributed by atoms with E-state index in [1.165, 1.54) is 6.26 Å². The first-order valence-corrected chi connectivity index (χ1v) is 6.65. The molecule has 2 heterocycles. The molecule has 0 unspecified atom stereocenters. The summed E-state index contributed by atoms with van der Waals surface area (Å²) in [6.07, 6.45) is 2.72. The van der Waals surface area contributed by atoms with Crippen LogP contribution in [0.1, 0.15) is 25.8 Å². The molecule has 2 amide bonds. The SMILES string of the molecule is Cc1conc1NC(=O)NC[C@H]1CCO[C@@H]1C(C)C. The Morgan fingerprint density at radius 3 is 3.00 bits per heavy atom. The summed E-state index contributed by atoms with van der Waals surface area (Å²) in [5, 5.41) is 9.23. The molecule has 19 heavy (non-hydrogen) atoms. The first-order chi connectivity index (χ1) is 9.08. The number of aryl methyl sites for hydroxylation is 1. The van der Waals surface area contributed by atoms with Gasteiger partial charge in [-0.15, -0.1) is 0 Å². The van der Waals surface area contributed by atoms with E-state index in [-0.39, 0.29) is 12.1 Å². The molecular weight excluding hydrogens is 246 g/mol. The Morgan fingerprint density at radius 1 is 1.58 bits per heavy atom. The van der Waals surface area contributed by atoms with Gasteiger partial charge in [-0.25, -0.2) is 4.79 Å². The third kappa shape index (κ3) is 3.47. The second kappa shape index (κ2) is 6.06. The predicted octanol–water partition coefficient (Wildman–Crippen LogP) is 2.17. The zero-order chi connectivity index (χ0) is 13.8. The van der Waals surface area contributed by atoms with E-state index in [0.29, 0.717) is 24.2 Å². The van der Waals surface area contributed by atoms with E-state index in [1.54, 1.807) is 0 Å². The van der Waals surface area contributed by atoms with Gasteiger partial charge >= 0.3 is 6.03 Å². The predicted molar refractivity (Wildman–Crippen MR) is 70.9 cm³/mol. The van der Waals surface area contributed by atoms with Gasteiger partial charge in [-0.2, -0.15) is 0 Å². The Balaban J connectivity index is 1.79. The fourth-order valence-electron chi connectivity index (χ4n) is 2.39. The molecule has 1 aromatic heterocycles. The quantitative estimate of drug-likeness (QED) is 0.876. The van der Waals surface area contributed by atoms with Crippen molar-refractivity contribution in [2.45, 2.75) is 33.3 Å². The molecular formula is C13H21N3O3. The number of carbonyl (C=O) groups excluding carboxylic acids is 1. The van der Waals surface area contributed by atoms with Gasteiger partial charge in [0, 0.05) is 24.6 Å². The Hall–Kier alpha value is -1.56. The topological polar surface area (TPSA) is 76.4 Å². The monoisotopic (exact) mass is 267 g/mol. The van der Waals surface area contributed by atoms with Crippen LogP contribution in [0.25, 0.3) is 0 Å². The van der Waals surface area contributed by atoms with Gasteiger partial charge in [0.2, 0.25) is 0 Å². The van der Waals surface area contributed by atoms with Crippen LogP contribution in [0.2, 0.25) is 0 Å². The van der Waals surface area contributed by atoms with Crippen molar-refractivity contribution in [3.63, 3.8) is 0 Å². The van der Waals surface area contributed by atoms with Crippen molar-refractivity contribution < 1.29 is 14.1 Å². The molecule has 2 N–H and O–H groups in total. The van der Waals surface area contributed by atoms with Gasteiger partial charge in [0.05, 0.1) is 6.10 Å². The van der Waals surface area contributed by atoms with Gasteiger partial charge in [-0.05, 0) is 19.3 Å². The van der Waals surface area contributed by atoms with Gasteiger partial charge in [-0.1, -0.05) is 19.0 Å². The number of nitrogens with zero attached hydrogens (tertiary/aromatic N) is 1. The number of hydrogen-bond donors (Lipinski definition) is 2. The summed E-state index contributed by atoms with van der Waals surface area (Å²) in [5.41, 5.74) is 0.805. The average molecular weight is 267 g/mol. The third-order valence-corrected chi connectivity index (χ3v) is 3.42. The number of carbonyl (C=O) groups is 1. The number of hydrogen-bond acceptors (Lipinski definition) is 4. The van der Waals surface area contributed by atoms with Crippen LogP contribution in [0.5, 0.6) is 0 Å². The average Bonchev–Trinajstić information content (AvgIpc) is 2.96. The molecule has 1 aromatic rings. The minimum absolute atomic E-state index is 0.231. The molecule has 106 valence electrons. The van der Waals surface area contributed by atoms with Crippen LogP contribution in [0, 0.1) is 18.8 Å². The van der Waals surface area contributed by atoms with E-state index in [4.69, 9.17) is 9.26 Å². The van der Waals surface area contributed by atoms with Crippen molar-refractivity contribution in [3.8, 4) is 0 Å². The molecule has 1 fully saturated rings. The molecule has 0 aliphatic carbocycles. The van der Waals surface area contributed by atoms with Crippen molar-refractivity contribution in [3.05, 3.63) is 11.8 Å². The number of nitrogens with one attached hydrogen (secondary N) is 2. The fraction of sp³-hybridized carbons (Fsp3) is 0.692. The molecule has 1 saturated heterocycles. The van der Waals surface area contributed by atoms with Crippen molar-refractivity contribution in [2.24, 2.45) is 11.8 Å². The number of aromatic nitrogens is 1. The molecule has 0 saturated carbocycles.